The molecular weight excluding hydrogens is 335 g/mol. The summed E-state index contributed by atoms with van der Waals surface area (Å²) in [4.78, 5) is 36.4. The number of rotatable bonds is 2. The lowest BCUT2D eigenvalue weighted by Crippen LogP contribution is -2.60. The predicted octanol–water partition coefficient (Wildman–Crippen LogP) is 0.0331. The van der Waals surface area contributed by atoms with Crippen molar-refractivity contribution in [1.82, 2.24) is 15.1 Å². The summed E-state index contributed by atoms with van der Waals surface area (Å²) >= 11 is 0. The Hall–Kier alpha value is -2.04. The van der Waals surface area contributed by atoms with Crippen molar-refractivity contribution >= 4 is 18.0 Å². The van der Waals surface area contributed by atoms with Crippen molar-refractivity contribution < 1.29 is 37.4 Å². The SMILES string of the molecule is COC(=O)[C@@H]1NCCN2C(=O)N(C3CC3)C[C@H]12.O=C(O)C(F)(F)F. The van der Waals surface area contributed by atoms with Crippen LogP contribution < -0.4 is 5.32 Å². The molecule has 136 valence electrons. The van der Waals surface area contributed by atoms with Crippen LogP contribution in [-0.4, -0.2) is 83.9 Å². The topological polar surface area (TPSA) is 99.2 Å². The minimum absolute atomic E-state index is 0.0655. The maximum atomic E-state index is 12.1. The third-order valence-electron chi connectivity index (χ3n) is 4.06. The highest BCUT2D eigenvalue weighted by Gasteiger charge is 2.50. The number of carboxylic acid groups (broad SMARTS) is 1. The number of fused-ring (bicyclic) bond motifs is 1. The van der Waals surface area contributed by atoms with E-state index in [4.69, 9.17) is 14.6 Å². The first-order chi connectivity index (χ1) is 11.2. The summed E-state index contributed by atoms with van der Waals surface area (Å²) in [6.07, 6.45) is -2.88. The van der Waals surface area contributed by atoms with Crippen molar-refractivity contribution in [2.45, 2.75) is 37.1 Å². The molecule has 0 aromatic rings. The Morgan fingerprint density at radius 1 is 1.29 bits per heavy atom. The molecule has 2 aliphatic heterocycles. The zero-order chi connectivity index (χ0) is 18.1. The molecule has 0 bridgehead atoms. The summed E-state index contributed by atoms with van der Waals surface area (Å²) in [5, 5.41) is 10.3. The van der Waals surface area contributed by atoms with Crippen LogP contribution in [0.25, 0.3) is 0 Å². The molecule has 2 amide bonds. The molecule has 11 heteroatoms. The van der Waals surface area contributed by atoms with E-state index >= 15 is 0 Å². The average Bonchev–Trinajstić information content (AvgIpc) is 3.30. The molecule has 24 heavy (non-hydrogen) atoms. The molecule has 0 aromatic carbocycles. The van der Waals surface area contributed by atoms with Crippen LogP contribution in [0, 0.1) is 0 Å². The summed E-state index contributed by atoms with van der Waals surface area (Å²) in [6.45, 7) is 1.98. The number of hydrogen-bond acceptors (Lipinski definition) is 5. The van der Waals surface area contributed by atoms with Crippen molar-refractivity contribution in [3.8, 4) is 0 Å². The Kier molecular flexibility index (Phi) is 5.21. The first kappa shape index (κ1) is 18.3. The summed E-state index contributed by atoms with van der Waals surface area (Å²) in [5.41, 5.74) is 0. The third kappa shape index (κ3) is 3.89. The normalized spacial score (nSPS) is 26.4. The Labute approximate surface area is 135 Å². The van der Waals surface area contributed by atoms with Crippen LogP contribution in [-0.2, 0) is 14.3 Å². The monoisotopic (exact) mass is 353 g/mol. The number of ether oxygens (including phenoxy) is 1. The van der Waals surface area contributed by atoms with Crippen LogP contribution in [0.2, 0.25) is 0 Å². The molecule has 0 radical (unpaired) electrons. The van der Waals surface area contributed by atoms with Gasteiger partial charge < -0.3 is 25.0 Å². The van der Waals surface area contributed by atoms with E-state index in [0.29, 0.717) is 25.7 Å². The van der Waals surface area contributed by atoms with E-state index in [2.05, 4.69) is 5.32 Å². The molecule has 0 unspecified atom stereocenters. The van der Waals surface area contributed by atoms with Crippen molar-refractivity contribution in [2.24, 2.45) is 0 Å². The largest absolute Gasteiger partial charge is 0.490 e. The van der Waals surface area contributed by atoms with E-state index in [1.807, 2.05) is 9.80 Å². The van der Waals surface area contributed by atoms with Gasteiger partial charge >= 0.3 is 24.1 Å². The number of piperazine rings is 1. The van der Waals surface area contributed by atoms with Gasteiger partial charge in [-0.1, -0.05) is 0 Å². The zero-order valence-electron chi connectivity index (χ0n) is 12.9. The Morgan fingerprint density at radius 3 is 2.33 bits per heavy atom. The van der Waals surface area contributed by atoms with E-state index in [0.717, 1.165) is 12.8 Å². The van der Waals surface area contributed by atoms with Crippen molar-refractivity contribution in [1.29, 1.82) is 0 Å². The molecule has 1 aliphatic carbocycles. The predicted molar refractivity (Wildman–Crippen MR) is 73.1 cm³/mol. The average molecular weight is 353 g/mol. The maximum Gasteiger partial charge on any atom is 0.490 e. The maximum absolute atomic E-state index is 12.1. The van der Waals surface area contributed by atoms with E-state index in [1.54, 1.807) is 0 Å². The summed E-state index contributed by atoms with van der Waals surface area (Å²) in [7, 11) is 1.39. The first-order valence-electron chi connectivity index (χ1n) is 7.35. The first-order valence-corrected chi connectivity index (χ1v) is 7.35. The number of methoxy groups -OCH3 is 1. The number of esters is 1. The molecule has 3 aliphatic rings. The molecule has 3 rings (SSSR count). The number of carbonyl (C=O) groups is 3. The molecule has 0 aromatic heterocycles. The lowest BCUT2D eigenvalue weighted by molar-refractivity contribution is -0.192. The van der Waals surface area contributed by atoms with Gasteiger partial charge in [0.2, 0.25) is 0 Å². The quantitative estimate of drug-likeness (QED) is 0.680. The minimum Gasteiger partial charge on any atom is -0.475 e. The summed E-state index contributed by atoms with van der Waals surface area (Å²) in [6, 6.07) is 0.0602. The number of alkyl halides is 3. The summed E-state index contributed by atoms with van der Waals surface area (Å²) in [5.74, 6) is -3.03. The molecule has 8 nitrogen and oxygen atoms in total. The highest BCUT2D eigenvalue weighted by atomic mass is 19.4. The molecular formula is C13H18F3N3O5. The van der Waals surface area contributed by atoms with Gasteiger partial charge in [0.15, 0.2) is 0 Å². The van der Waals surface area contributed by atoms with Crippen LogP contribution in [0.5, 0.6) is 0 Å². The molecule has 2 atom stereocenters. The fourth-order valence-corrected chi connectivity index (χ4v) is 2.77. The van der Waals surface area contributed by atoms with Gasteiger partial charge in [0, 0.05) is 25.7 Å². The number of carbonyl (C=O) groups excluding carboxylic acids is 2. The second-order valence-corrected chi connectivity index (χ2v) is 5.68. The van der Waals surface area contributed by atoms with E-state index < -0.39 is 12.1 Å². The van der Waals surface area contributed by atoms with Crippen LogP contribution in [0.15, 0.2) is 0 Å². The van der Waals surface area contributed by atoms with Crippen molar-refractivity contribution in [3.05, 3.63) is 0 Å². The number of hydrogen-bond donors (Lipinski definition) is 2. The van der Waals surface area contributed by atoms with Gasteiger partial charge in [0.05, 0.1) is 13.2 Å². The number of carboxylic acids is 1. The van der Waals surface area contributed by atoms with Crippen LogP contribution in [0.4, 0.5) is 18.0 Å². The van der Waals surface area contributed by atoms with Gasteiger partial charge in [0.1, 0.15) is 6.04 Å². The fraction of sp³-hybridized carbons (Fsp3) is 0.769. The minimum atomic E-state index is -5.08. The number of urea groups is 1. The van der Waals surface area contributed by atoms with Gasteiger partial charge in [-0.05, 0) is 12.8 Å². The molecule has 2 N–H and O–H groups in total. The van der Waals surface area contributed by atoms with Gasteiger partial charge in [-0.2, -0.15) is 13.2 Å². The number of halogens is 3. The van der Waals surface area contributed by atoms with Gasteiger partial charge in [-0.15, -0.1) is 0 Å². The molecule has 3 fully saturated rings. The van der Waals surface area contributed by atoms with Crippen LogP contribution in [0.3, 0.4) is 0 Å². The number of aliphatic carboxylic acids is 1. The molecule has 2 saturated heterocycles. The van der Waals surface area contributed by atoms with Crippen LogP contribution >= 0.6 is 0 Å². The smallest absolute Gasteiger partial charge is 0.475 e. The Morgan fingerprint density at radius 2 is 1.88 bits per heavy atom. The molecule has 0 spiro atoms. The Bertz CT molecular complexity index is 523. The highest BCUT2D eigenvalue weighted by Crippen LogP contribution is 2.33. The Balaban J connectivity index is 0.000000256. The van der Waals surface area contributed by atoms with Crippen molar-refractivity contribution in [3.63, 3.8) is 0 Å². The second kappa shape index (κ2) is 6.83. The van der Waals surface area contributed by atoms with Gasteiger partial charge in [-0.25, -0.2) is 9.59 Å². The summed E-state index contributed by atoms with van der Waals surface area (Å²) < 4.78 is 36.5. The standard InChI is InChI=1S/C11H17N3O3.C2HF3O2/c1-17-10(15)9-8-6-14(7-2-3-7)11(16)13(8)5-4-12-9;3-2(4,5)1(6)7/h7-9,12H,2-6H2,1H3;(H,6,7)/t8-,9-;/m1./s1. The van der Waals surface area contributed by atoms with E-state index in [1.165, 1.54) is 7.11 Å². The van der Waals surface area contributed by atoms with Crippen LogP contribution in [0.1, 0.15) is 12.8 Å². The van der Waals surface area contributed by atoms with Crippen molar-refractivity contribution in [2.75, 3.05) is 26.7 Å². The molecule has 1 saturated carbocycles. The van der Waals surface area contributed by atoms with E-state index in [9.17, 15) is 22.8 Å². The molecule has 2 heterocycles. The zero-order valence-corrected chi connectivity index (χ0v) is 12.9. The lowest BCUT2D eigenvalue weighted by atomic mass is 10.1. The van der Waals surface area contributed by atoms with Gasteiger partial charge in [0.25, 0.3) is 0 Å². The van der Waals surface area contributed by atoms with E-state index in [-0.39, 0.29) is 24.1 Å². The van der Waals surface area contributed by atoms with Gasteiger partial charge in [-0.3, -0.25) is 4.79 Å². The highest BCUT2D eigenvalue weighted by molar-refractivity contribution is 5.83. The number of amides is 2. The third-order valence-corrected chi connectivity index (χ3v) is 4.06. The lowest BCUT2D eigenvalue weighted by Gasteiger charge is -2.34. The number of nitrogens with zero attached hydrogens (tertiary/aromatic N) is 2. The fourth-order valence-electron chi connectivity index (χ4n) is 2.77. The number of nitrogens with one attached hydrogen (secondary N) is 1. The second-order valence-electron chi connectivity index (χ2n) is 5.68.